The van der Waals surface area contributed by atoms with E-state index in [0.717, 1.165) is 35.3 Å². The molecule has 3 atom stereocenters. The van der Waals surface area contributed by atoms with E-state index >= 15 is 0 Å². The highest BCUT2D eigenvalue weighted by molar-refractivity contribution is 8.15. The Labute approximate surface area is 163 Å². The van der Waals surface area contributed by atoms with Gasteiger partial charge < -0.3 is 4.74 Å². The van der Waals surface area contributed by atoms with Gasteiger partial charge in [-0.05, 0) is 31.9 Å². The normalized spacial score (nSPS) is 29.8. The van der Waals surface area contributed by atoms with E-state index in [1.165, 1.54) is 6.08 Å². The Morgan fingerprint density at radius 2 is 2.11 bits per heavy atom. The van der Waals surface area contributed by atoms with Crippen LogP contribution in [0.1, 0.15) is 38.7 Å². The molecule has 1 spiro atoms. The summed E-state index contributed by atoms with van der Waals surface area (Å²) >= 11 is 1.63. The molecule has 4 rings (SSSR count). The van der Waals surface area contributed by atoms with Crippen molar-refractivity contribution in [3.05, 3.63) is 53.6 Å². The number of fused-ring (bicyclic) bond motifs is 2. The molecule has 0 fully saturated rings. The number of hydrogen-bond acceptors (Lipinski definition) is 4. The van der Waals surface area contributed by atoms with E-state index in [1.54, 1.807) is 11.8 Å². The smallest absolute Gasteiger partial charge is 0.143 e. The molecule has 6 heteroatoms. The molecule has 0 bridgehead atoms. The number of nitrogens with zero attached hydrogens (tertiary/aromatic N) is 2. The van der Waals surface area contributed by atoms with E-state index in [2.05, 4.69) is 24.9 Å². The number of benzene rings is 1. The first kappa shape index (κ1) is 18.5. The summed E-state index contributed by atoms with van der Waals surface area (Å²) in [5.74, 6) is -0.332. The molecular weight excluding hydrogens is 366 g/mol. The number of halogens is 2. The maximum absolute atomic E-state index is 14.5. The van der Waals surface area contributed by atoms with E-state index in [0.29, 0.717) is 19.6 Å². The van der Waals surface area contributed by atoms with Crippen LogP contribution in [0.5, 0.6) is 5.75 Å². The number of hydrazone groups is 1. The van der Waals surface area contributed by atoms with E-state index in [-0.39, 0.29) is 5.92 Å². The van der Waals surface area contributed by atoms with Gasteiger partial charge in [-0.3, -0.25) is 5.01 Å². The SMILES string of the molecule is CCC[C@@H]1COc2ccccc2[C@@]12SC(C1CC=C(F)C=C1F)=NN2CC. The van der Waals surface area contributed by atoms with Crippen LogP contribution in [-0.2, 0) is 4.87 Å². The van der Waals surface area contributed by atoms with Crippen molar-refractivity contribution in [3.63, 3.8) is 0 Å². The monoisotopic (exact) mass is 390 g/mol. The fraction of sp³-hybridized carbons (Fsp3) is 0.476. The first-order chi connectivity index (χ1) is 13.1. The minimum atomic E-state index is -0.505. The summed E-state index contributed by atoms with van der Waals surface area (Å²) < 4.78 is 34.0. The minimum Gasteiger partial charge on any atom is -0.493 e. The highest BCUT2D eigenvalue weighted by Crippen LogP contribution is 2.58. The second-order valence-corrected chi connectivity index (χ2v) is 8.40. The number of ether oxygens (including phenoxy) is 1. The van der Waals surface area contributed by atoms with Gasteiger partial charge in [0.25, 0.3) is 0 Å². The van der Waals surface area contributed by atoms with Gasteiger partial charge in [-0.1, -0.05) is 43.3 Å². The van der Waals surface area contributed by atoms with Crippen molar-refractivity contribution >= 4 is 16.8 Å². The first-order valence-corrected chi connectivity index (χ1v) is 10.4. The van der Waals surface area contributed by atoms with Crippen molar-refractivity contribution in [3.8, 4) is 5.75 Å². The molecule has 0 amide bonds. The summed E-state index contributed by atoms with van der Waals surface area (Å²) in [6.45, 7) is 5.58. The van der Waals surface area contributed by atoms with E-state index < -0.39 is 22.4 Å². The summed E-state index contributed by atoms with van der Waals surface area (Å²) in [5, 5.41) is 7.66. The summed E-state index contributed by atoms with van der Waals surface area (Å²) in [6.07, 6.45) is 4.78. The third-order valence-corrected chi connectivity index (χ3v) is 7.17. The molecule has 2 heterocycles. The van der Waals surface area contributed by atoms with E-state index in [4.69, 9.17) is 9.84 Å². The second-order valence-electron chi connectivity index (χ2n) is 7.15. The van der Waals surface area contributed by atoms with Crippen LogP contribution < -0.4 is 4.74 Å². The quantitative estimate of drug-likeness (QED) is 0.654. The molecule has 3 nitrogen and oxygen atoms in total. The van der Waals surface area contributed by atoms with Gasteiger partial charge in [0.2, 0.25) is 0 Å². The summed E-state index contributed by atoms with van der Waals surface area (Å²) in [4.78, 5) is -0.394. The van der Waals surface area contributed by atoms with Crippen molar-refractivity contribution in [2.24, 2.45) is 16.9 Å². The number of para-hydroxylation sites is 1. The minimum absolute atomic E-state index is 0.242. The Hall–Kier alpha value is -1.82. The number of allylic oxidation sites excluding steroid dienone is 4. The first-order valence-electron chi connectivity index (χ1n) is 9.60. The third kappa shape index (κ3) is 2.98. The van der Waals surface area contributed by atoms with Crippen LogP contribution in [0.2, 0.25) is 0 Å². The van der Waals surface area contributed by atoms with E-state index in [9.17, 15) is 8.78 Å². The Balaban J connectivity index is 1.76. The molecule has 1 unspecified atom stereocenters. The molecule has 0 aromatic heterocycles. The zero-order valence-corrected chi connectivity index (χ0v) is 16.4. The lowest BCUT2D eigenvalue weighted by Gasteiger charge is -2.46. The van der Waals surface area contributed by atoms with Crippen LogP contribution in [0, 0.1) is 11.8 Å². The Bertz CT molecular complexity index is 822. The van der Waals surface area contributed by atoms with Gasteiger partial charge in [0, 0.05) is 24.1 Å². The number of rotatable bonds is 4. The van der Waals surface area contributed by atoms with Crippen LogP contribution in [0.4, 0.5) is 8.78 Å². The predicted octanol–water partition coefficient (Wildman–Crippen LogP) is 5.76. The lowest BCUT2D eigenvalue weighted by molar-refractivity contribution is 0.0600. The molecule has 0 radical (unpaired) electrons. The highest BCUT2D eigenvalue weighted by atomic mass is 32.2. The maximum atomic E-state index is 14.5. The molecule has 1 aromatic rings. The van der Waals surface area contributed by atoms with Gasteiger partial charge in [-0.15, -0.1) is 0 Å². The molecule has 1 aromatic carbocycles. The maximum Gasteiger partial charge on any atom is 0.143 e. The predicted molar refractivity (Wildman–Crippen MR) is 106 cm³/mol. The van der Waals surface area contributed by atoms with E-state index in [1.807, 2.05) is 18.2 Å². The van der Waals surface area contributed by atoms with Gasteiger partial charge in [-0.25, -0.2) is 8.78 Å². The molecule has 0 saturated carbocycles. The fourth-order valence-corrected chi connectivity index (χ4v) is 5.97. The van der Waals surface area contributed by atoms with Crippen LogP contribution in [-0.4, -0.2) is 23.2 Å². The largest absolute Gasteiger partial charge is 0.493 e. The van der Waals surface area contributed by atoms with Crippen LogP contribution >= 0.6 is 11.8 Å². The second kappa shape index (κ2) is 7.30. The molecule has 27 heavy (non-hydrogen) atoms. The van der Waals surface area contributed by atoms with Gasteiger partial charge in [-0.2, -0.15) is 5.10 Å². The Morgan fingerprint density at radius 1 is 1.30 bits per heavy atom. The van der Waals surface area contributed by atoms with Gasteiger partial charge in [0.05, 0.1) is 12.5 Å². The van der Waals surface area contributed by atoms with Crippen molar-refractivity contribution in [2.75, 3.05) is 13.2 Å². The number of hydrogen-bond donors (Lipinski definition) is 0. The fourth-order valence-electron chi connectivity index (χ4n) is 4.25. The molecular formula is C21H24F2N2OS. The van der Waals surface area contributed by atoms with Crippen LogP contribution in [0.25, 0.3) is 0 Å². The summed E-state index contributed by atoms with van der Waals surface area (Å²) in [6, 6.07) is 8.08. The average molecular weight is 390 g/mol. The van der Waals surface area contributed by atoms with Gasteiger partial charge in [0.15, 0.2) is 0 Å². The standard InChI is InChI=1S/C21H24F2N2OS/c1-3-7-14-13-26-19-9-6-5-8-17(19)21(14)25(4-2)24-20(27-21)16-11-10-15(22)12-18(16)23/h5-6,8-10,12,14,16H,3-4,7,11,13H2,1-2H3/t14-,16?,21+/m1/s1. The lowest BCUT2D eigenvalue weighted by atomic mass is 9.86. The summed E-state index contributed by atoms with van der Waals surface area (Å²) in [7, 11) is 0. The Kier molecular flexibility index (Phi) is 5.01. The Morgan fingerprint density at radius 3 is 2.85 bits per heavy atom. The van der Waals surface area contributed by atoms with Gasteiger partial charge in [0.1, 0.15) is 27.3 Å². The number of thioether (sulfide) groups is 1. The van der Waals surface area contributed by atoms with Gasteiger partial charge >= 0.3 is 0 Å². The molecule has 144 valence electrons. The molecule has 2 aliphatic heterocycles. The zero-order chi connectivity index (χ0) is 19.0. The zero-order valence-electron chi connectivity index (χ0n) is 15.6. The van der Waals surface area contributed by atoms with Crippen molar-refractivity contribution in [1.82, 2.24) is 5.01 Å². The molecule has 0 N–H and O–H groups in total. The van der Waals surface area contributed by atoms with Crippen LogP contribution in [0.3, 0.4) is 0 Å². The van der Waals surface area contributed by atoms with Crippen molar-refractivity contribution < 1.29 is 13.5 Å². The third-order valence-electron chi connectivity index (χ3n) is 5.52. The van der Waals surface area contributed by atoms with Crippen LogP contribution in [0.15, 0.2) is 53.2 Å². The summed E-state index contributed by atoms with van der Waals surface area (Å²) in [5.41, 5.74) is 1.10. The van der Waals surface area contributed by atoms with Crippen molar-refractivity contribution in [1.29, 1.82) is 0 Å². The lowest BCUT2D eigenvalue weighted by Crippen LogP contribution is -2.48. The highest BCUT2D eigenvalue weighted by Gasteiger charge is 2.55. The molecule has 1 aliphatic carbocycles. The average Bonchev–Trinajstić information content (AvgIpc) is 3.04. The molecule has 0 saturated heterocycles. The topological polar surface area (TPSA) is 24.8 Å². The molecule has 3 aliphatic rings. The van der Waals surface area contributed by atoms with Crippen molar-refractivity contribution in [2.45, 2.75) is 38.0 Å².